The number of nitrogens with zero attached hydrogens (tertiary/aromatic N) is 2. The molecule has 0 bridgehead atoms. The summed E-state index contributed by atoms with van der Waals surface area (Å²) < 4.78 is 7.01. The van der Waals surface area contributed by atoms with E-state index in [9.17, 15) is 19.7 Å². The Balaban J connectivity index is 2.13. The molecule has 0 amide bonds. The van der Waals surface area contributed by atoms with E-state index in [1.807, 2.05) is 18.4 Å². The van der Waals surface area contributed by atoms with Crippen molar-refractivity contribution in [3.8, 4) is 0 Å². The van der Waals surface area contributed by atoms with Gasteiger partial charge in [-0.25, -0.2) is 4.79 Å². The van der Waals surface area contributed by atoms with E-state index in [1.165, 1.54) is 23.9 Å². The quantitative estimate of drug-likeness (QED) is 0.170. The number of nitro benzene ring substituents is 1. The van der Waals surface area contributed by atoms with Gasteiger partial charge in [0.15, 0.2) is 6.61 Å². The number of aryl methyl sites for hydroxylation is 1. The summed E-state index contributed by atoms with van der Waals surface area (Å²) in [5, 5.41) is 11.1. The SMILES string of the molecule is C=CCn1c(C)cc(C(=O)COC(=O)c2ccc(SC)c([N+](=O)[O-])c2)c1C. The van der Waals surface area contributed by atoms with Crippen molar-refractivity contribution < 1.29 is 19.2 Å². The predicted molar refractivity (Wildman–Crippen MR) is 104 cm³/mol. The summed E-state index contributed by atoms with van der Waals surface area (Å²) in [7, 11) is 0. The number of benzene rings is 1. The first-order chi connectivity index (χ1) is 12.8. The van der Waals surface area contributed by atoms with E-state index < -0.39 is 17.5 Å². The molecule has 0 aliphatic carbocycles. The Bertz CT molecular complexity index is 917. The second-order valence-corrected chi connectivity index (χ2v) is 6.68. The molecule has 0 saturated heterocycles. The standard InChI is InChI=1S/C19H20N2O5S/c1-5-8-20-12(2)9-15(13(20)3)17(22)11-26-19(23)14-6-7-18(27-4)16(10-14)21(24)25/h5-7,9-10H,1,8,11H2,2-4H3. The van der Waals surface area contributed by atoms with Crippen LogP contribution >= 0.6 is 11.8 Å². The molecule has 1 heterocycles. The number of allylic oxidation sites excluding steroid dienone is 1. The van der Waals surface area contributed by atoms with Crippen molar-refractivity contribution in [1.29, 1.82) is 0 Å². The maximum absolute atomic E-state index is 12.4. The molecule has 0 unspecified atom stereocenters. The van der Waals surface area contributed by atoms with Gasteiger partial charge in [-0.05, 0) is 38.3 Å². The Labute approximate surface area is 161 Å². The lowest BCUT2D eigenvalue weighted by Gasteiger charge is -2.07. The van der Waals surface area contributed by atoms with Crippen LogP contribution in [-0.2, 0) is 11.3 Å². The molecule has 142 valence electrons. The molecule has 0 N–H and O–H groups in total. The van der Waals surface area contributed by atoms with Crippen LogP contribution in [0.25, 0.3) is 0 Å². The molecular formula is C19H20N2O5S. The Morgan fingerprint density at radius 1 is 1.33 bits per heavy atom. The average Bonchev–Trinajstić information content (AvgIpc) is 2.93. The first kappa shape index (κ1) is 20.4. The van der Waals surface area contributed by atoms with Crippen LogP contribution in [0.1, 0.15) is 32.1 Å². The van der Waals surface area contributed by atoms with E-state index in [0.717, 1.165) is 17.5 Å². The van der Waals surface area contributed by atoms with Gasteiger partial charge in [0.2, 0.25) is 5.78 Å². The van der Waals surface area contributed by atoms with Gasteiger partial charge in [-0.15, -0.1) is 18.3 Å². The van der Waals surface area contributed by atoms with Crippen LogP contribution in [0.2, 0.25) is 0 Å². The number of thioether (sulfide) groups is 1. The highest BCUT2D eigenvalue weighted by molar-refractivity contribution is 7.98. The van der Waals surface area contributed by atoms with Gasteiger partial charge >= 0.3 is 5.97 Å². The fourth-order valence-corrected chi connectivity index (χ4v) is 3.29. The number of ketones is 1. The van der Waals surface area contributed by atoms with Gasteiger partial charge < -0.3 is 9.30 Å². The van der Waals surface area contributed by atoms with Crippen LogP contribution in [0.5, 0.6) is 0 Å². The van der Waals surface area contributed by atoms with Crippen molar-refractivity contribution in [3.05, 3.63) is 69.5 Å². The zero-order chi connectivity index (χ0) is 20.1. The summed E-state index contributed by atoms with van der Waals surface area (Å²) in [5.41, 5.74) is 2.02. The lowest BCUT2D eigenvalue weighted by molar-refractivity contribution is -0.387. The number of esters is 1. The van der Waals surface area contributed by atoms with Crippen molar-refractivity contribution in [2.75, 3.05) is 12.9 Å². The summed E-state index contributed by atoms with van der Waals surface area (Å²) in [6.07, 6.45) is 3.45. The zero-order valence-corrected chi connectivity index (χ0v) is 16.2. The molecule has 0 fully saturated rings. The molecule has 0 aliphatic rings. The summed E-state index contributed by atoms with van der Waals surface area (Å²) in [4.78, 5) is 35.6. The third kappa shape index (κ3) is 4.46. The summed E-state index contributed by atoms with van der Waals surface area (Å²) >= 11 is 1.21. The predicted octanol–water partition coefficient (Wildman–Crippen LogP) is 3.96. The topological polar surface area (TPSA) is 91.4 Å². The van der Waals surface area contributed by atoms with Gasteiger partial charge in [0.05, 0.1) is 15.4 Å². The number of Topliss-reactive ketones (excluding diaryl/α,β-unsaturated/α-hetero) is 1. The van der Waals surface area contributed by atoms with E-state index in [2.05, 4.69) is 6.58 Å². The molecule has 27 heavy (non-hydrogen) atoms. The monoisotopic (exact) mass is 388 g/mol. The van der Waals surface area contributed by atoms with Crippen LogP contribution in [0.15, 0.2) is 41.8 Å². The highest BCUT2D eigenvalue weighted by Gasteiger charge is 2.20. The summed E-state index contributed by atoms with van der Waals surface area (Å²) in [6.45, 7) is 7.53. The number of carbonyl (C=O) groups is 2. The largest absolute Gasteiger partial charge is 0.454 e. The van der Waals surface area contributed by atoms with Crippen molar-refractivity contribution in [3.63, 3.8) is 0 Å². The van der Waals surface area contributed by atoms with E-state index in [1.54, 1.807) is 18.4 Å². The van der Waals surface area contributed by atoms with Crippen molar-refractivity contribution in [2.45, 2.75) is 25.3 Å². The van der Waals surface area contributed by atoms with E-state index in [-0.39, 0.29) is 17.0 Å². The van der Waals surface area contributed by atoms with Gasteiger partial charge in [0.1, 0.15) is 0 Å². The molecule has 0 radical (unpaired) electrons. The minimum absolute atomic E-state index is 0.0319. The van der Waals surface area contributed by atoms with Gasteiger partial charge in [0.25, 0.3) is 5.69 Å². The minimum atomic E-state index is -0.779. The molecule has 8 heteroatoms. The maximum atomic E-state index is 12.4. The molecular weight excluding hydrogens is 368 g/mol. The molecule has 0 aliphatic heterocycles. The fraction of sp³-hybridized carbons (Fsp3) is 0.263. The molecule has 2 aromatic rings. The Morgan fingerprint density at radius 3 is 2.63 bits per heavy atom. The molecule has 7 nitrogen and oxygen atoms in total. The fourth-order valence-electron chi connectivity index (χ4n) is 2.75. The van der Waals surface area contributed by atoms with Gasteiger partial charge in [-0.2, -0.15) is 0 Å². The highest BCUT2D eigenvalue weighted by atomic mass is 32.2. The number of hydrogen-bond acceptors (Lipinski definition) is 6. The summed E-state index contributed by atoms with van der Waals surface area (Å²) in [6, 6.07) is 5.84. The number of ether oxygens (including phenoxy) is 1. The second kappa shape index (κ2) is 8.68. The third-order valence-corrected chi connectivity index (χ3v) is 4.92. The Hall–Kier alpha value is -2.87. The van der Waals surface area contributed by atoms with E-state index >= 15 is 0 Å². The van der Waals surface area contributed by atoms with Crippen molar-refractivity contribution >= 4 is 29.2 Å². The van der Waals surface area contributed by atoms with Crippen LogP contribution < -0.4 is 0 Å². The summed E-state index contributed by atoms with van der Waals surface area (Å²) in [5.74, 6) is -1.11. The number of rotatable bonds is 8. The number of carbonyl (C=O) groups excluding carboxylic acids is 2. The number of nitro groups is 1. The van der Waals surface area contributed by atoms with E-state index in [4.69, 9.17) is 4.74 Å². The van der Waals surface area contributed by atoms with E-state index in [0.29, 0.717) is 17.0 Å². The molecule has 0 atom stereocenters. The zero-order valence-electron chi connectivity index (χ0n) is 15.4. The van der Waals surface area contributed by atoms with Crippen molar-refractivity contribution in [2.24, 2.45) is 0 Å². The van der Waals surface area contributed by atoms with Gasteiger partial charge in [-0.1, -0.05) is 6.08 Å². The number of hydrogen-bond donors (Lipinski definition) is 0. The van der Waals surface area contributed by atoms with Crippen molar-refractivity contribution in [1.82, 2.24) is 4.57 Å². The first-order valence-corrected chi connectivity index (χ1v) is 9.33. The average molecular weight is 388 g/mol. The smallest absolute Gasteiger partial charge is 0.338 e. The van der Waals surface area contributed by atoms with Gasteiger partial charge in [-0.3, -0.25) is 14.9 Å². The normalized spacial score (nSPS) is 10.5. The molecule has 0 spiro atoms. The molecule has 2 rings (SSSR count). The van der Waals surface area contributed by atoms with Crippen LogP contribution in [0, 0.1) is 24.0 Å². The second-order valence-electron chi connectivity index (χ2n) is 5.83. The number of aromatic nitrogens is 1. The molecule has 0 saturated carbocycles. The molecule has 1 aromatic heterocycles. The Kier molecular flexibility index (Phi) is 6.57. The lowest BCUT2D eigenvalue weighted by atomic mass is 10.1. The molecule has 1 aromatic carbocycles. The lowest BCUT2D eigenvalue weighted by Crippen LogP contribution is -2.15. The Morgan fingerprint density at radius 2 is 2.04 bits per heavy atom. The highest BCUT2D eigenvalue weighted by Crippen LogP contribution is 2.28. The maximum Gasteiger partial charge on any atom is 0.338 e. The first-order valence-electron chi connectivity index (χ1n) is 8.10. The minimum Gasteiger partial charge on any atom is -0.454 e. The third-order valence-electron chi connectivity index (χ3n) is 4.13. The van der Waals surface area contributed by atoms with Crippen LogP contribution in [0.4, 0.5) is 5.69 Å². The van der Waals surface area contributed by atoms with Crippen LogP contribution in [-0.4, -0.2) is 34.1 Å². The van der Waals surface area contributed by atoms with Gasteiger partial charge in [0, 0.05) is 29.6 Å². The van der Waals surface area contributed by atoms with Crippen LogP contribution in [0.3, 0.4) is 0 Å².